The molecule has 0 aliphatic rings. The Morgan fingerprint density at radius 1 is 1.26 bits per heavy atom. The third-order valence-electron chi connectivity index (χ3n) is 3.08. The largest absolute Gasteiger partial charge is 0.343 e. The van der Waals surface area contributed by atoms with Gasteiger partial charge in [-0.3, -0.25) is 0 Å². The Bertz CT molecular complexity index is 784. The van der Waals surface area contributed by atoms with Crippen molar-refractivity contribution < 1.29 is 0 Å². The topological polar surface area (TPSA) is 28.7 Å². The number of fused-ring (bicyclic) bond motifs is 1. The highest BCUT2D eigenvalue weighted by molar-refractivity contribution is 7.71. The molecule has 0 radical (unpaired) electrons. The molecule has 0 fully saturated rings. The monoisotopic (exact) mass is 286 g/mol. The van der Waals surface area contributed by atoms with E-state index in [1.165, 1.54) is 15.6 Å². The van der Waals surface area contributed by atoms with Crippen molar-refractivity contribution >= 4 is 33.6 Å². The summed E-state index contributed by atoms with van der Waals surface area (Å²) < 4.78 is 1.93. The van der Waals surface area contributed by atoms with Gasteiger partial charge in [0.25, 0.3) is 0 Å². The van der Waals surface area contributed by atoms with Gasteiger partial charge in [-0.25, -0.2) is 4.98 Å². The van der Waals surface area contributed by atoms with Crippen LogP contribution in [0.1, 0.15) is 25.6 Å². The molecule has 0 unspecified atom stereocenters. The number of H-pyrrole nitrogens is 1. The molecule has 0 bridgehead atoms. The van der Waals surface area contributed by atoms with E-state index in [2.05, 4.69) is 53.5 Å². The van der Waals surface area contributed by atoms with Crippen LogP contribution in [0.4, 0.5) is 0 Å². The number of thiophene rings is 1. The highest BCUT2D eigenvalue weighted by atomic mass is 32.1. The zero-order valence-electron chi connectivity index (χ0n) is 10.8. The Hall–Kier alpha value is -1.52. The second-order valence-corrected chi connectivity index (χ2v) is 6.15. The van der Waals surface area contributed by atoms with Gasteiger partial charge >= 0.3 is 0 Å². The van der Waals surface area contributed by atoms with Crippen LogP contribution in [-0.4, -0.2) is 9.97 Å². The highest BCUT2D eigenvalue weighted by Crippen LogP contribution is 2.31. The second-order valence-electron chi connectivity index (χ2n) is 4.82. The first-order valence-electron chi connectivity index (χ1n) is 6.23. The maximum Gasteiger partial charge on any atom is 0.130 e. The lowest BCUT2D eigenvalue weighted by Crippen LogP contribution is -1.99. The van der Waals surface area contributed by atoms with Gasteiger partial charge in [-0.15, -0.1) is 11.3 Å². The van der Waals surface area contributed by atoms with E-state index in [-0.39, 0.29) is 0 Å². The number of hydrogen-bond donors (Lipinski definition) is 1. The molecule has 2 nitrogen and oxygen atoms in total. The van der Waals surface area contributed by atoms with Gasteiger partial charge in [0.2, 0.25) is 0 Å². The molecule has 0 amide bonds. The summed E-state index contributed by atoms with van der Waals surface area (Å²) in [6.07, 6.45) is 0. The van der Waals surface area contributed by atoms with E-state index < -0.39 is 0 Å². The van der Waals surface area contributed by atoms with Crippen LogP contribution in [0, 0.1) is 4.64 Å². The highest BCUT2D eigenvalue weighted by Gasteiger charge is 2.08. The summed E-state index contributed by atoms with van der Waals surface area (Å²) in [6.45, 7) is 4.23. The van der Waals surface area contributed by atoms with Crippen LogP contribution in [0.5, 0.6) is 0 Å². The summed E-state index contributed by atoms with van der Waals surface area (Å²) in [5.74, 6) is 1.28. The van der Waals surface area contributed by atoms with E-state index in [1.807, 2.05) is 6.07 Å². The van der Waals surface area contributed by atoms with Crippen LogP contribution in [0.25, 0.3) is 21.3 Å². The maximum absolute atomic E-state index is 5.28. The molecule has 1 N–H and O–H groups in total. The Balaban J connectivity index is 2.27. The zero-order chi connectivity index (χ0) is 13.4. The number of rotatable bonds is 2. The Morgan fingerprint density at radius 3 is 2.89 bits per heavy atom. The van der Waals surface area contributed by atoms with E-state index in [4.69, 9.17) is 12.2 Å². The Kier molecular flexibility index (Phi) is 3.21. The normalized spacial score (nSPS) is 11.3. The number of hydrogen-bond acceptors (Lipinski definition) is 3. The molecule has 0 aliphatic heterocycles. The summed E-state index contributed by atoms with van der Waals surface area (Å²) >= 11 is 7.04. The van der Waals surface area contributed by atoms with Gasteiger partial charge in [-0.05, 0) is 22.9 Å². The van der Waals surface area contributed by atoms with Crippen LogP contribution in [-0.2, 0) is 0 Å². The van der Waals surface area contributed by atoms with Crippen molar-refractivity contribution in [3.63, 3.8) is 0 Å². The summed E-state index contributed by atoms with van der Waals surface area (Å²) in [7, 11) is 0. The molecule has 0 saturated carbocycles. The number of aromatic amines is 1. The standard InChI is InChI=1S/C15H14N2S2/c1-9(2)15-16-12(8-13(18)17-15)11-5-3-4-10-6-7-19-14(10)11/h3-9H,1-2H3,(H,16,17,18). The molecule has 19 heavy (non-hydrogen) atoms. The quantitative estimate of drug-likeness (QED) is 0.660. The zero-order valence-corrected chi connectivity index (χ0v) is 12.4. The first-order valence-corrected chi connectivity index (χ1v) is 7.52. The van der Waals surface area contributed by atoms with Gasteiger partial charge in [0, 0.05) is 16.2 Å². The molecule has 2 heterocycles. The first-order chi connectivity index (χ1) is 9.15. The third-order valence-corrected chi connectivity index (χ3v) is 4.25. The van der Waals surface area contributed by atoms with Gasteiger partial charge in [0.1, 0.15) is 10.5 Å². The molecule has 0 aliphatic carbocycles. The molecule has 0 atom stereocenters. The minimum atomic E-state index is 0.337. The molecule has 4 heteroatoms. The van der Waals surface area contributed by atoms with Crippen molar-refractivity contribution in [1.29, 1.82) is 0 Å². The fraction of sp³-hybridized carbons (Fsp3) is 0.200. The van der Waals surface area contributed by atoms with Crippen LogP contribution in [0.15, 0.2) is 35.7 Å². The lowest BCUT2D eigenvalue weighted by Gasteiger charge is -2.09. The number of nitrogens with zero attached hydrogens (tertiary/aromatic N) is 1. The van der Waals surface area contributed by atoms with Gasteiger partial charge in [-0.1, -0.05) is 44.3 Å². The lowest BCUT2D eigenvalue weighted by atomic mass is 10.1. The number of aromatic nitrogens is 2. The van der Waals surface area contributed by atoms with Crippen molar-refractivity contribution in [2.45, 2.75) is 19.8 Å². The number of benzene rings is 1. The summed E-state index contributed by atoms with van der Waals surface area (Å²) in [4.78, 5) is 7.80. The minimum absolute atomic E-state index is 0.337. The summed E-state index contributed by atoms with van der Waals surface area (Å²) in [6, 6.07) is 10.4. The Labute approximate surface area is 121 Å². The van der Waals surface area contributed by atoms with E-state index in [0.29, 0.717) is 10.6 Å². The fourth-order valence-corrected chi connectivity index (χ4v) is 3.24. The molecule has 96 valence electrons. The average molecular weight is 286 g/mol. The van der Waals surface area contributed by atoms with Crippen molar-refractivity contribution in [2.75, 3.05) is 0 Å². The molecule has 0 spiro atoms. The molecule has 0 saturated heterocycles. The van der Waals surface area contributed by atoms with Crippen molar-refractivity contribution in [3.8, 4) is 11.3 Å². The van der Waals surface area contributed by atoms with Crippen LogP contribution in [0.2, 0.25) is 0 Å². The predicted octanol–water partition coefficient (Wildman–Crippen LogP) is 5.14. The van der Waals surface area contributed by atoms with Gasteiger partial charge < -0.3 is 4.98 Å². The molecule has 3 aromatic rings. The van der Waals surface area contributed by atoms with E-state index in [1.54, 1.807) is 11.3 Å². The SMILES string of the molecule is CC(C)c1nc(=S)cc(-c2cccc3ccsc23)[nH]1. The summed E-state index contributed by atoms with van der Waals surface area (Å²) in [5, 5.41) is 3.39. The van der Waals surface area contributed by atoms with E-state index >= 15 is 0 Å². The van der Waals surface area contributed by atoms with Gasteiger partial charge in [0.05, 0.1) is 5.69 Å². The van der Waals surface area contributed by atoms with E-state index in [9.17, 15) is 0 Å². The molecular formula is C15H14N2S2. The minimum Gasteiger partial charge on any atom is -0.343 e. The van der Waals surface area contributed by atoms with Crippen LogP contribution in [0.3, 0.4) is 0 Å². The molecule has 2 aromatic heterocycles. The smallest absolute Gasteiger partial charge is 0.130 e. The predicted molar refractivity (Wildman–Crippen MR) is 84.3 cm³/mol. The van der Waals surface area contributed by atoms with Gasteiger partial charge in [-0.2, -0.15) is 0 Å². The van der Waals surface area contributed by atoms with Crippen molar-refractivity contribution in [3.05, 3.63) is 46.2 Å². The lowest BCUT2D eigenvalue weighted by molar-refractivity contribution is 0.773. The Morgan fingerprint density at radius 2 is 2.11 bits per heavy atom. The van der Waals surface area contributed by atoms with Crippen LogP contribution < -0.4 is 0 Å². The van der Waals surface area contributed by atoms with Crippen molar-refractivity contribution in [2.24, 2.45) is 0 Å². The fourth-order valence-electron chi connectivity index (χ4n) is 2.10. The molecule has 3 rings (SSSR count). The maximum atomic E-state index is 5.28. The van der Waals surface area contributed by atoms with Crippen molar-refractivity contribution in [1.82, 2.24) is 9.97 Å². The molecular weight excluding hydrogens is 272 g/mol. The summed E-state index contributed by atoms with van der Waals surface area (Å²) in [5.41, 5.74) is 2.25. The molecule has 1 aromatic carbocycles. The number of nitrogens with one attached hydrogen (secondary N) is 1. The van der Waals surface area contributed by atoms with E-state index in [0.717, 1.165) is 11.5 Å². The first kappa shape index (κ1) is 12.5. The van der Waals surface area contributed by atoms with Crippen LogP contribution >= 0.6 is 23.6 Å². The average Bonchev–Trinajstić information content (AvgIpc) is 2.85. The van der Waals surface area contributed by atoms with Gasteiger partial charge in [0.15, 0.2) is 0 Å². The second kappa shape index (κ2) is 4.87. The third kappa shape index (κ3) is 2.33.